The molecule has 0 saturated heterocycles. The number of aryl methyl sites for hydroxylation is 1. The van der Waals surface area contributed by atoms with E-state index in [9.17, 15) is 4.39 Å². The first-order valence-electron chi connectivity index (χ1n) is 4.42. The van der Waals surface area contributed by atoms with Gasteiger partial charge in [-0.25, -0.2) is 4.39 Å². The molecule has 1 rings (SSSR count). The van der Waals surface area contributed by atoms with Gasteiger partial charge in [0, 0.05) is 13.1 Å². The van der Waals surface area contributed by atoms with Crippen molar-refractivity contribution in [1.82, 2.24) is 9.78 Å². The fourth-order valence-electron chi connectivity index (χ4n) is 1.34. The zero-order chi connectivity index (χ0) is 10.9. The van der Waals surface area contributed by atoms with Gasteiger partial charge in [0.25, 0.3) is 0 Å². The van der Waals surface area contributed by atoms with Gasteiger partial charge in [0.15, 0.2) is 11.4 Å². The number of aromatic nitrogens is 2. The Kier molecular flexibility index (Phi) is 2.80. The molecule has 2 unspecified atom stereocenters. The van der Waals surface area contributed by atoms with Crippen molar-refractivity contribution in [1.29, 1.82) is 0 Å². The Morgan fingerprint density at radius 1 is 1.71 bits per heavy atom. The lowest BCUT2D eigenvalue weighted by Gasteiger charge is -2.25. The maximum atomic E-state index is 14.2. The van der Waals surface area contributed by atoms with Gasteiger partial charge < -0.3 is 10.5 Å². The minimum absolute atomic E-state index is 0.370. The number of alkyl halides is 1. The summed E-state index contributed by atoms with van der Waals surface area (Å²) in [5.74, 6) is 0.426. The van der Waals surface area contributed by atoms with Crippen LogP contribution in [-0.2, 0) is 12.7 Å². The van der Waals surface area contributed by atoms with Gasteiger partial charge in [-0.2, -0.15) is 5.10 Å². The molecule has 80 valence electrons. The molecule has 0 aliphatic rings. The summed E-state index contributed by atoms with van der Waals surface area (Å²) in [4.78, 5) is 0. The predicted molar refractivity (Wildman–Crippen MR) is 51.9 cm³/mol. The van der Waals surface area contributed by atoms with E-state index < -0.39 is 11.7 Å². The number of methoxy groups -OCH3 is 1. The number of rotatable bonds is 3. The highest BCUT2D eigenvalue weighted by atomic mass is 19.1. The third-order valence-electron chi connectivity index (χ3n) is 2.44. The first kappa shape index (κ1) is 11.0. The fraction of sp³-hybridized carbons (Fsp3) is 0.667. The van der Waals surface area contributed by atoms with Crippen LogP contribution < -0.4 is 10.5 Å². The quantitative estimate of drug-likeness (QED) is 0.792. The molecular weight excluding hydrogens is 185 g/mol. The van der Waals surface area contributed by atoms with Crippen LogP contribution in [0.25, 0.3) is 0 Å². The van der Waals surface area contributed by atoms with Crippen molar-refractivity contribution < 1.29 is 9.13 Å². The zero-order valence-electron chi connectivity index (χ0n) is 8.91. The molecule has 2 atom stereocenters. The van der Waals surface area contributed by atoms with Gasteiger partial charge in [-0.1, -0.05) is 0 Å². The Morgan fingerprint density at radius 2 is 2.29 bits per heavy atom. The minimum Gasteiger partial charge on any atom is -0.493 e. The molecule has 1 aromatic rings. The van der Waals surface area contributed by atoms with Gasteiger partial charge in [-0.05, 0) is 13.8 Å². The maximum Gasteiger partial charge on any atom is 0.167 e. The highest BCUT2D eigenvalue weighted by Gasteiger charge is 2.36. The van der Waals surface area contributed by atoms with Crippen molar-refractivity contribution >= 4 is 0 Å². The molecule has 5 heteroatoms. The number of hydrogen-bond donors (Lipinski definition) is 1. The van der Waals surface area contributed by atoms with Crippen molar-refractivity contribution in [3.8, 4) is 5.75 Å². The SMILES string of the molecule is COc1cnn(C)c1C(C)(F)C(C)N. The van der Waals surface area contributed by atoms with Crippen LogP contribution in [0.2, 0.25) is 0 Å². The maximum absolute atomic E-state index is 14.2. The summed E-state index contributed by atoms with van der Waals surface area (Å²) in [6.07, 6.45) is 1.48. The van der Waals surface area contributed by atoms with E-state index in [-0.39, 0.29) is 0 Å². The van der Waals surface area contributed by atoms with Crippen LogP contribution in [-0.4, -0.2) is 22.9 Å². The third kappa shape index (κ3) is 1.59. The van der Waals surface area contributed by atoms with E-state index in [0.717, 1.165) is 0 Å². The molecule has 0 saturated carbocycles. The largest absolute Gasteiger partial charge is 0.493 e. The lowest BCUT2D eigenvalue weighted by Crippen LogP contribution is -2.38. The topological polar surface area (TPSA) is 53.1 Å². The van der Waals surface area contributed by atoms with Crippen molar-refractivity contribution in [2.24, 2.45) is 12.8 Å². The van der Waals surface area contributed by atoms with Crippen molar-refractivity contribution in [2.75, 3.05) is 7.11 Å². The number of nitrogens with zero attached hydrogens (tertiary/aromatic N) is 2. The van der Waals surface area contributed by atoms with Gasteiger partial charge in [-0.15, -0.1) is 0 Å². The number of nitrogens with two attached hydrogens (primary N) is 1. The van der Waals surface area contributed by atoms with Gasteiger partial charge >= 0.3 is 0 Å². The fourth-order valence-corrected chi connectivity index (χ4v) is 1.34. The molecule has 0 bridgehead atoms. The van der Waals surface area contributed by atoms with E-state index in [1.807, 2.05) is 0 Å². The van der Waals surface area contributed by atoms with E-state index in [2.05, 4.69) is 5.10 Å². The average Bonchev–Trinajstić information content (AvgIpc) is 2.46. The molecule has 14 heavy (non-hydrogen) atoms. The van der Waals surface area contributed by atoms with Crippen LogP contribution in [0, 0.1) is 0 Å². The first-order chi connectivity index (χ1) is 6.41. The normalized spacial score (nSPS) is 17.6. The summed E-state index contributed by atoms with van der Waals surface area (Å²) >= 11 is 0. The smallest absolute Gasteiger partial charge is 0.167 e. The monoisotopic (exact) mass is 201 g/mol. The van der Waals surface area contributed by atoms with Gasteiger partial charge in [0.05, 0.1) is 13.3 Å². The van der Waals surface area contributed by atoms with Crippen molar-refractivity contribution in [3.63, 3.8) is 0 Å². The summed E-state index contributed by atoms with van der Waals surface area (Å²) < 4.78 is 20.7. The Morgan fingerprint density at radius 3 is 2.71 bits per heavy atom. The van der Waals surface area contributed by atoms with Crippen LogP contribution in [0.3, 0.4) is 0 Å². The van der Waals surface area contributed by atoms with Crippen LogP contribution >= 0.6 is 0 Å². The second kappa shape index (κ2) is 3.57. The number of ether oxygens (including phenoxy) is 1. The standard InChI is InChI=1S/C9H16FN3O/c1-6(11)9(2,10)8-7(14-4)5-12-13(8)3/h5-6H,11H2,1-4H3. The van der Waals surface area contributed by atoms with E-state index >= 15 is 0 Å². The molecule has 0 fully saturated rings. The summed E-state index contributed by atoms with van der Waals surface area (Å²) in [5.41, 5.74) is 4.31. The second-order valence-electron chi connectivity index (χ2n) is 3.55. The molecule has 0 aliphatic carbocycles. The summed E-state index contributed by atoms with van der Waals surface area (Å²) in [6, 6.07) is -0.619. The molecule has 0 amide bonds. The average molecular weight is 201 g/mol. The Hall–Kier alpha value is -1.10. The van der Waals surface area contributed by atoms with E-state index in [1.54, 1.807) is 14.0 Å². The van der Waals surface area contributed by atoms with Crippen LogP contribution in [0.15, 0.2) is 6.20 Å². The molecule has 0 spiro atoms. The molecular formula is C9H16FN3O. The summed E-state index contributed by atoms with van der Waals surface area (Å²) in [7, 11) is 3.15. The van der Waals surface area contributed by atoms with Crippen molar-refractivity contribution in [3.05, 3.63) is 11.9 Å². The van der Waals surface area contributed by atoms with Crippen LogP contribution in [0.1, 0.15) is 19.5 Å². The zero-order valence-corrected chi connectivity index (χ0v) is 8.91. The van der Waals surface area contributed by atoms with Crippen LogP contribution in [0.5, 0.6) is 5.75 Å². The lowest BCUT2D eigenvalue weighted by atomic mass is 9.96. The highest BCUT2D eigenvalue weighted by molar-refractivity contribution is 5.31. The Balaban J connectivity index is 3.22. The van der Waals surface area contributed by atoms with Crippen LogP contribution in [0.4, 0.5) is 4.39 Å². The Bertz CT molecular complexity index is 320. The highest BCUT2D eigenvalue weighted by Crippen LogP contribution is 2.34. The van der Waals surface area contributed by atoms with Gasteiger partial charge in [0.2, 0.25) is 0 Å². The van der Waals surface area contributed by atoms with E-state index in [4.69, 9.17) is 10.5 Å². The molecule has 1 aromatic heterocycles. The molecule has 0 aromatic carbocycles. The van der Waals surface area contributed by atoms with Gasteiger partial charge in [-0.3, -0.25) is 4.68 Å². The molecule has 4 nitrogen and oxygen atoms in total. The van der Waals surface area contributed by atoms with Gasteiger partial charge in [0.1, 0.15) is 5.69 Å². The molecule has 0 radical (unpaired) electrons. The minimum atomic E-state index is -1.64. The third-order valence-corrected chi connectivity index (χ3v) is 2.44. The molecule has 1 heterocycles. The van der Waals surface area contributed by atoms with E-state index in [1.165, 1.54) is 24.9 Å². The first-order valence-corrected chi connectivity index (χ1v) is 4.42. The summed E-state index contributed by atoms with van der Waals surface area (Å²) in [5, 5.41) is 3.93. The number of hydrogen-bond acceptors (Lipinski definition) is 3. The van der Waals surface area contributed by atoms with E-state index in [0.29, 0.717) is 11.4 Å². The van der Waals surface area contributed by atoms with Crippen molar-refractivity contribution in [2.45, 2.75) is 25.6 Å². The molecule has 0 aliphatic heterocycles. The second-order valence-corrected chi connectivity index (χ2v) is 3.55. The Labute approximate surface area is 82.8 Å². The summed E-state index contributed by atoms with van der Waals surface area (Å²) in [6.45, 7) is 3.05. The predicted octanol–water partition coefficient (Wildman–Crippen LogP) is 0.961. The number of halogens is 1. The lowest BCUT2D eigenvalue weighted by molar-refractivity contribution is 0.141. The molecule has 2 N–H and O–H groups in total.